The number of aromatic amines is 1. The molecule has 27 heavy (non-hydrogen) atoms. The summed E-state index contributed by atoms with van der Waals surface area (Å²) in [5.74, 6) is 1.44. The lowest BCUT2D eigenvalue weighted by Gasteiger charge is -2.02. The number of para-hydroxylation sites is 2. The van der Waals surface area contributed by atoms with E-state index in [0.29, 0.717) is 33.4 Å². The molecule has 0 radical (unpaired) electrons. The van der Waals surface area contributed by atoms with Crippen molar-refractivity contribution in [1.82, 2.24) is 14.7 Å². The Hall–Kier alpha value is -3.87. The van der Waals surface area contributed by atoms with Crippen LogP contribution >= 0.6 is 0 Å². The minimum Gasteiger partial charge on any atom is -0.497 e. The van der Waals surface area contributed by atoms with Gasteiger partial charge in [-0.1, -0.05) is 12.1 Å². The van der Waals surface area contributed by atoms with Gasteiger partial charge in [-0.25, -0.2) is 4.98 Å². The van der Waals surface area contributed by atoms with Gasteiger partial charge < -0.3 is 14.9 Å². The van der Waals surface area contributed by atoms with Gasteiger partial charge in [0.2, 0.25) is 0 Å². The number of aromatic nitrogens is 4. The van der Waals surface area contributed by atoms with E-state index >= 15 is 0 Å². The van der Waals surface area contributed by atoms with Crippen LogP contribution in [0.25, 0.3) is 44.5 Å². The quantitative estimate of drug-likeness (QED) is 0.287. The number of ether oxygens (including phenoxy) is 1. The predicted molar refractivity (Wildman–Crippen MR) is 102 cm³/mol. The molecule has 0 aliphatic rings. The minimum atomic E-state index is 0.344. The van der Waals surface area contributed by atoms with Crippen LogP contribution in [0.5, 0.6) is 5.75 Å². The van der Waals surface area contributed by atoms with Crippen molar-refractivity contribution in [3.63, 3.8) is 0 Å². The van der Waals surface area contributed by atoms with Crippen molar-refractivity contribution in [2.75, 3.05) is 7.11 Å². The number of nitrogens with zero attached hydrogens (tertiary/aromatic N) is 3. The zero-order chi connectivity index (χ0) is 18.5. The summed E-state index contributed by atoms with van der Waals surface area (Å²) in [5.41, 5.74) is 3.84. The van der Waals surface area contributed by atoms with E-state index in [1.165, 1.54) is 0 Å². The summed E-state index contributed by atoms with van der Waals surface area (Å²) in [6.07, 6.45) is 0. The average Bonchev–Trinajstić information content (AvgIpc) is 3.14. The Kier molecular flexibility index (Phi) is 3.17. The summed E-state index contributed by atoms with van der Waals surface area (Å²) >= 11 is 0. The summed E-state index contributed by atoms with van der Waals surface area (Å²) in [5, 5.41) is 10.6. The molecule has 2 N–H and O–H groups in total. The van der Waals surface area contributed by atoms with Gasteiger partial charge in [0.1, 0.15) is 11.6 Å². The van der Waals surface area contributed by atoms with E-state index in [1.54, 1.807) is 43.5 Å². The van der Waals surface area contributed by atoms with Gasteiger partial charge in [-0.3, -0.25) is 0 Å². The molecule has 0 bridgehead atoms. The van der Waals surface area contributed by atoms with Crippen molar-refractivity contribution < 1.29 is 14.4 Å². The number of fused-ring (bicyclic) bond motifs is 3. The van der Waals surface area contributed by atoms with Gasteiger partial charge in [0.25, 0.3) is 11.0 Å². The fraction of sp³-hybridized carbons (Fsp3) is 0.0500. The Labute approximate surface area is 152 Å². The monoisotopic (exact) mass is 359 g/mol. The first kappa shape index (κ1) is 15.4. The lowest BCUT2D eigenvalue weighted by Crippen LogP contribution is -2.20. The highest BCUT2D eigenvalue weighted by Crippen LogP contribution is 2.26. The molecule has 0 unspecified atom stereocenters. The smallest absolute Gasteiger partial charge is 0.292 e. The van der Waals surface area contributed by atoms with Crippen LogP contribution in [0, 0.1) is 4.91 Å². The second-order valence-corrected chi connectivity index (χ2v) is 6.27. The van der Waals surface area contributed by atoms with Gasteiger partial charge in [0.05, 0.1) is 22.6 Å². The topological polar surface area (TPSA) is 86.0 Å². The maximum Gasteiger partial charge on any atom is 0.292 e. The van der Waals surface area contributed by atoms with E-state index in [0.717, 1.165) is 26.0 Å². The van der Waals surface area contributed by atoms with Crippen molar-refractivity contribution in [3.8, 4) is 17.1 Å². The molecule has 0 aliphatic heterocycles. The minimum absolute atomic E-state index is 0.344. The molecule has 5 rings (SSSR count). The zero-order valence-electron chi connectivity index (χ0n) is 14.4. The summed E-state index contributed by atoms with van der Waals surface area (Å²) < 4.78 is 7.03. The third-order valence-electron chi connectivity index (χ3n) is 4.72. The van der Waals surface area contributed by atoms with Gasteiger partial charge in [-0.15, -0.1) is 0 Å². The molecular weight excluding hydrogens is 344 g/mol. The molecule has 0 saturated carbocycles. The molecule has 0 amide bonds. The second kappa shape index (κ2) is 5.57. The molecule has 7 nitrogen and oxygen atoms in total. The molecule has 0 spiro atoms. The number of methoxy groups -OCH3 is 1. The Morgan fingerprint density at radius 3 is 2.59 bits per heavy atom. The molecule has 0 saturated heterocycles. The fourth-order valence-electron chi connectivity index (χ4n) is 3.33. The lowest BCUT2D eigenvalue weighted by molar-refractivity contribution is -0.433. The Bertz CT molecular complexity index is 1380. The molecule has 0 fully saturated rings. The molecular formula is C20H15N4O3+. The predicted octanol–water partition coefficient (Wildman–Crippen LogP) is 3.50. The lowest BCUT2D eigenvalue weighted by atomic mass is 10.2. The molecule has 5 aromatic rings. The molecule has 7 heteroatoms. The standard InChI is InChI=1S/C20H15N4O3/c1-27-13-8-6-12(7-9-13)20-21-14-10-18-19(11-15(14)22-20)24(26)17-5-3-2-4-16(17)23(18)25/h2-11,25H,1H3,(H,21,22)/q+1. The van der Waals surface area contributed by atoms with Crippen molar-refractivity contribution in [2.24, 2.45) is 0 Å². The summed E-state index contributed by atoms with van der Waals surface area (Å²) in [6, 6.07) is 17.9. The van der Waals surface area contributed by atoms with Crippen molar-refractivity contribution in [3.05, 3.63) is 65.6 Å². The molecule has 132 valence electrons. The Morgan fingerprint density at radius 2 is 1.81 bits per heavy atom. The van der Waals surface area contributed by atoms with Crippen LogP contribution in [0.15, 0.2) is 60.7 Å². The molecule has 0 aliphatic carbocycles. The van der Waals surface area contributed by atoms with Gasteiger partial charge in [-0.05, 0) is 36.4 Å². The van der Waals surface area contributed by atoms with Crippen LogP contribution in [0.2, 0.25) is 0 Å². The van der Waals surface area contributed by atoms with Gasteiger partial charge in [0, 0.05) is 22.6 Å². The molecule has 0 atom stereocenters. The zero-order valence-corrected chi connectivity index (χ0v) is 14.4. The van der Waals surface area contributed by atoms with Crippen molar-refractivity contribution >= 4 is 33.1 Å². The third-order valence-corrected chi connectivity index (χ3v) is 4.72. The van der Waals surface area contributed by atoms with E-state index in [4.69, 9.17) is 4.74 Å². The van der Waals surface area contributed by atoms with Crippen LogP contribution in [0.1, 0.15) is 0 Å². The highest BCUT2D eigenvalue weighted by molar-refractivity contribution is 5.93. The van der Waals surface area contributed by atoms with Crippen LogP contribution in [0.4, 0.5) is 0 Å². The maximum atomic E-state index is 12.8. The van der Waals surface area contributed by atoms with Crippen molar-refractivity contribution in [1.29, 1.82) is 0 Å². The summed E-state index contributed by atoms with van der Waals surface area (Å²) in [4.78, 5) is 20.6. The molecule has 2 aromatic heterocycles. The summed E-state index contributed by atoms with van der Waals surface area (Å²) in [7, 11) is 1.62. The number of hydrogen-bond donors (Lipinski definition) is 2. The fourth-order valence-corrected chi connectivity index (χ4v) is 3.33. The Balaban J connectivity index is 1.78. The highest BCUT2D eigenvalue weighted by Gasteiger charge is 2.20. The number of H-pyrrole nitrogens is 1. The number of rotatable bonds is 2. The van der Waals surface area contributed by atoms with Gasteiger partial charge in [0.15, 0.2) is 11.0 Å². The molecule has 3 aromatic carbocycles. The third kappa shape index (κ3) is 2.25. The first-order valence-corrected chi connectivity index (χ1v) is 8.39. The average molecular weight is 359 g/mol. The van der Waals surface area contributed by atoms with Crippen LogP contribution in [-0.4, -0.2) is 27.0 Å². The van der Waals surface area contributed by atoms with Crippen molar-refractivity contribution in [2.45, 2.75) is 0 Å². The summed E-state index contributed by atoms with van der Waals surface area (Å²) in [6.45, 7) is 0. The molecule has 2 heterocycles. The number of hydrogen-bond acceptors (Lipinski definition) is 4. The van der Waals surface area contributed by atoms with E-state index in [1.807, 2.05) is 24.3 Å². The first-order valence-electron chi connectivity index (χ1n) is 8.39. The van der Waals surface area contributed by atoms with E-state index in [-0.39, 0.29) is 0 Å². The van der Waals surface area contributed by atoms with Crippen LogP contribution in [0.3, 0.4) is 0 Å². The largest absolute Gasteiger partial charge is 0.497 e. The first-order chi connectivity index (χ1) is 13.2. The number of benzene rings is 3. The maximum absolute atomic E-state index is 12.8. The Morgan fingerprint density at radius 1 is 1.04 bits per heavy atom. The number of imidazole rings is 1. The van der Waals surface area contributed by atoms with E-state index in [2.05, 4.69) is 9.97 Å². The SMILES string of the molecule is COc1ccc(-c2nc3cc4c(cc3[nH]2)n(O)c2ccccc2[n+]4=O)cc1. The second-order valence-electron chi connectivity index (χ2n) is 6.27. The normalized spacial score (nSPS) is 11.4. The van der Waals surface area contributed by atoms with Gasteiger partial charge in [-0.2, -0.15) is 4.73 Å². The van der Waals surface area contributed by atoms with E-state index < -0.39 is 0 Å². The van der Waals surface area contributed by atoms with Gasteiger partial charge >= 0.3 is 0 Å². The van der Waals surface area contributed by atoms with Crippen LogP contribution < -0.4 is 9.16 Å². The van der Waals surface area contributed by atoms with Crippen LogP contribution in [-0.2, 0) is 0 Å². The van der Waals surface area contributed by atoms with E-state index in [9.17, 15) is 10.1 Å². The number of nitrogens with one attached hydrogen (secondary N) is 1. The highest BCUT2D eigenvalue weighted by atomic mass is 16.5.